The second-order valence-corrected chi connectivity index (χ2v) is 8.99. The van der Waals surface area contributed by atoms with Crippen molar-refractivity contribution in [1.82, 2.24) is 10.2 Å². The van der Waals surface area contributed by atoms with Crippen LogP contribution in [0.1, 0.15) is 51.5 Å². The van der Waals surface area contributed by atoms with Crippen LogP contribution in [0.4, 0.5) is 10.5 Å². The fourth-order valence-corrected chi connectivity index (χ4v) is 5.46. The number of carboxylic acid groups (broad SMARTS) is 1. The maximum Gasteiger partial charge on any atom is 1.00 e. The molecule has 32 heavy (non-hydrogen) atoms. The summed E-state index contributed by atoms with van der Waals surface area (Å²) in [5.41, 5.74) is 2.12. The summed E-state index contributed by atoms with van der Waals surface area (Å²) >= 11 is 0. The number of nitrogens with one attached hydrogen (secondary N) is 2. The molecule has 0 radical (unpaired) electrons. The van der Waals surface area contributed by atoms with Crippen molar-refractivity contribution in [3.63, 3.8) is 0 Å². The Kier molecular flexibility index (Phi) is 7.39. The van der Waals surface area contributed by atoms with Gasteiger partial charge in [-0.05, 0) is 42.9 Å². The molecule has 1 aromatic carbocycles. The van der Waals surface area contributed by atoms with E-state index < -0.39 is 36.0 Å². The van der Waals surface area contributed by atoms with Crippen molar-refractivity contribution in [2.45, 2.75) is 64.1 Å². The Morgan fingerprint density at radius 3 is 2.50 bits per heavy atom. The van der Waals surface area contributed by atoms with E-state index in [0.717, 1.165) is 12.0 Å². The quantitative estimate of drug-likeness (QED) is 0.367. The van der Waals surface area contributed by atoms with E-state index in [0.29, 0.717) is 24.1 Å². The maximum absolute atomic E-state index is 12.8. The number of amides is 3. The van der Waals surface area contributed by atoms with Crippen molar-refractivity contribution in [3.8, 4) is 0 Å². The third kappa shape index (κ3) is 4.09. The Morgan fingerprint density at radius 1 is 1.19 bits per heavy atom. The summed E-state index contributed by atoms with van der Waals surface area (Å²) in [6.45, 7) is 5.63. The molecule has 1 unspecified atom stereocenters. The van der Waals surface area contributed by atoms with Crippen LogP contribution in [0.15, 0.2) is 35.5 Å². The predicted molar refractivity (Wildman–Crippen MR) is 112 cm³/mol. The first-order chi connectivity index (χ1) is 14.7. The molecule has 5 atom stereocenters. The number of aliphatic hydroxyl groups is 1. The summed E-state index contributed by atoms with van der Waals surface area (Å²) < 4.78 is 0. The first-order valence-corrected chi connectivity index (χ1v) is 10.8. The fourth-order valence-electron chi connectivity index (χ4n) is 5.46. The molecule has 8 nitrogen and oxygen atoms in total. The van der Waals surface area contributed by atoms with E-state index in [9.17, 15) is 24.6 Å². The van der Waals surface area contributed by atoms with Crippen LogP contribution in [0.25, 0.3) is 0 Å². The second kappa shape index (κ2) is 9.55. The first kappa shape index (κ1) is 24.8. The molecule has 2 fully saturated rings. The average molecular weight is 449 g/mol. The molecule has 2 heterocycles. The molecular weight excluding hydrogens is 421 g/mol. The van der Waals surface area contributed by atoms with Crippen molar-refractivity contribution < 1.29 is 54.2 Å². The fraction of sp³-hybridized carbons (Fsp3) is 0.522. The van der Waals surface area contributed by atoms with E-state index in [-0.39, 0.29) is 53.1 Å². The molecule has 0 aromatic heterocycles. The van der Waals surface area contributed by atoms with Gasteiger partial charge in [0.1, 0.15) is 0 Å². The molecular formula is C23H28N3NaO5. The number of hydrogen-bond acceptors (Lipinski definition) is 5. The smallest absolute Gasteiger partial charge is 0.543 e. The van der Waals surface area contributed by atoms with E-state index in [2.05, 4.69) is 10.6 Å². The second-order valence-electron chi connectivity index (χ2n) is 8.99. The van der Waals surface area contributed by atoms with Gasteiger partial charge < -0.3 is 30.5 Å². The Labute approximate surface area is 209 Å². The number of carboxylic acids is 1. The monoisotopic (exact) mass is 449 g/mol. The van der Waals surface area contributed by atoms with E-state index in [4.69, 9.17) is 0 Å². The summed E-state index contributed by atoms with van der Waals surface area (Å²) in [6.07, 6.45) is 1.21. The van der Waals surface area contributed by atoms with Crippen molar-refractivity contribution in [1.29, 1.82) is 0 Å². The number of rotatable bonds is 5. The minimum atomic E-state index is -1.42. The van der Waals surface area contributed by atoms with Gasteiger partial charge in [-0.3, -0.25) is 4.79 Å². The third-order valence-electron chi connectivity index (χ3n) is 6.75. The van der Waals surface area contributed by atoms with E-state index in [1.165, 1.54) is 4.90 Å². The van der Waals surface area contributed by atoms with Gasteiger partial charge in [-0.1, -0.05) is 38.5 Å². The zero-order chi connectivity index (χ0) is 22.4. The number of aliphatic hydroxyl groups excluding tert-OH is 1. The number of β-lactam (4-membered cyclic amide) rings is 1. The molecule has 3 amide bonds. The molecule has 4 rings (SSSR count). The van der Waals surface area contributed by atoms with E-state index in [1.54, 1.807) is 6.92 Å². The van der Waals surface area contributed by atoms with E-state index in [1.807, 2.05) is 38.1 Å². The number of nitrogens with zero attached hydrogens (tertiary/aromatic N) is 1. The van der Waals surface area contributed by atoms with E-state index >= 15 is 0 Å². The van der Waals surface area contributed by atoms with Crippen LogP contribution in [-0.2, 0) is 9.59 Å². The molecule has 1 aliphatic carbocycles. The maximum atomic E-state index is 12.8. The van der Waals surface area contributed by atoms with Gasteiger partial charge in [0.25, 0.3) is 0 Å². The van der Waals surface area contributed by atoms with Gasteiger partial charge in [0.2, 0.25) is 5.91 Å². The normalized spacial score (nSPS) is 27.2. The van der Waals surface area contributed by atoms with Crippen LogP contribution in [-0.4, -0.2) is 46.1 Å². The van der Waals surface area contributed by atoms with Crippen molar-refractivity contribution >= 4 is 23.6 Å². The summed E-state index contributed by atoms with van der Waals surface area (Å²) in [5.74, 6) is -2.41. The third-order valence-corrected chi connectivity index (χ3v) is 6.75. The molecule has 9 heteroatoms. The number of anilines is 1. The standard InChI is InChI=1S/C23H29N3O5.Na/c1-11(2)13-7-4-5-9-15(13)24-23(31)25-16-10-6-8-14-18(16)20(22(29)30)26-19(14)17(12(3)27)21(26)28;/h4-5,7,9,11-12,14,16-17,19,27H,6,8,10H2,1-3H3,(H,29,30)(H2,24,25,31);/q;+1/p-1/t12?,14-,16-,17+,19+;/m0./s1. The predicted octanol–water partition coefficient (Wildman–Crippen LogP) is -1.67. The molecule has 1 saturated carbocycles. The molecule has 166 valence electrons. The average Bonchev–Trinajstić information content (AvgIpc) is 2.99. The van der Waals surface area contributed by atoms with Gasteiger partial charge in [-0.25, -0.2) is 4.79 Å². The zero-order valence-electron chi connectivity index (χ0n) is 18.9. The van der Waals surface area contributed by atoms with Crippen LogP contribution >= 0.6 is 0 Å². The Bertz CT molecular complexity index is 961. The number of hydrogen-bond donors (Lipinski definition) is 3. The number of benzene rings is 1. The van der Waals surface area contributed by atoms with Crippen LogP contribution in [0.3, 0.4) is 0 Å². The zero-order valence-corrected chi connectivity index (χ0v) is 20.9. The van der Waals surface area contributed by atoms with Crippen LogP contribution in [0, 0.1) is 11.8 Å². The topological polar surface area (TPSA) is 122 Å². The van der Waals surface area contributed by atoms with Crippen LogP contribution < -0.4 is 45.3 Å². The van der Waals surface area contributed by atoms with Crippen LogP contribution in [0.5, 0.6) is 0 Å². The molecule has 2 aliphatic heterocycles. The molecule has 0 bridgehead atoms. The number of fused-ring (bicyclic) bond motifs is 3. The van der Waals surface area contributed by atoms with Gasteiger partial charge in [-0.2, -0.15) is 0 Å². The SMILES string of the molecule is CC(C)c1ccccc1NC(=O)N[C@H]1CCC[C@H]2C1=C(C(=O)[O-])N1C(=O)[C@H](C(C)O)[C@@H]21.[Na+]. The van der Waals surface area contributed by atoms with Gasteiger partial charge in [0, 0.05) is 11.6 Å². The van der Waals surface area contributed by atoms with Crippen molar-refractivity contribution in [2.75, 3.05) is 5.32 Å². The number of aliphatic carboxylic acids is 1. The minimum Gasteiger partial charge on any atom is -0.543 e. The van der Waals surface area contributed by atoms with Gasteiger partial charge in [-0.15, -0.1) is 0 Å². The summed E-state index contributed by atoms with van der Waals surface area (Å²) in [7, 11) is 0. The van der Waals surface area contributed by atoms with Gasteiger partial charge in [0.05, 0.1) is 35.8 Å². The Hall–Kier alpha value is -1.87. The summed E-state index contributed by atoms with van der Waals surface area (Å²) in [5, 5.41) is 27.8. The molecule has 1 aromatic rings. The molecule has 0 spiro atoms. The largest absolute Gasteiger partial charge is 1.00 e. The van der Waals surface area contributed by atoms with Gasteiger partial charge in [0.15, 0.2) is 0 Å². The van der Waals surface area contributed by atoms with Gasteiger partial charge >= 0.3 is 35.6 Å². The molecule has 1 saturated heterocycles. The van der Waals surface area contributed by atoms with Crippen molar-refractivity contribution in [2.24, 2.45) is 11.8 Å². The number of urea groups is 1. The number of carbonyl (C=O) groups excluding carboxylic acids is 3. The Morgan fingerprint density at radius 2 is 1.88 bits per heavy atom. The van der Waals surface area contributed by atoms with Crippen LogP contribution in [0.2, 0.25) is 0 Å². The van der Waals surface area contributed by atoms with Crippen molar-refractivity contribution in [3.05, 3.63) is 41.1 Å². The number of para-hydroxylation sites is 1. The molecule has 3 N–H and O–H groups in total. The summed E-state index contributed by atoms with van der Waals surface area (Å²) in [4.78, 5) is 38.6. The minimum absolute atomic E-state index is 0. The number of carbonyl (C=O) groups is 3. The Balaban J connectivity index is 0.00000289. The summed E-state index contributed by atoms with van der Waals surface area (Å²) in [6, 6.07) is 6.24. The molecule has 3 aliphatic rings. The first-order valence-electron chi connectivity index (χ1n) is 10.8.